The first-order valence-electron chi connectivity index (χ1n) is 6.68. The largest absolute Gasteiger partial charge is 0.472 e. The minimum Gasteiger partial charge on any atom is -0.472 e. The highest BCUT2D eigenvalue weighted by atomic mass is 16.3. The molecule has 0 saturated heterocycles. The quantitative estimate of drug-likeness (QED) is 0.890. The second-order valence-corrected chi connectivity index (χ2v) is 5.15. The monoisotopic (exact) mass is 241 g/mol. The van der Waals surface area contributed by atoms with Crippen LogP contribution in [0.15, 0.2) is 47.3 Å². The summed E-state index contributed by atoms with van der Waals surface area (Å²) in [6, 6.07) is 11.8. The summed E-state index contributed by atoms with van der Waals surface area (Å²) in [6.07, 6.45) is 7.11. The zero-order valence-electron chi connectivity index (χ0n) is 10.7. The van der Waals surface area contributed by atoms with E-state index in [0.717, 1.165) is 6.42 Å². The van der Waals surface area contributed by atoms with Crippen LogP contribution in [-0.2, 0) is 12.8 Å². The first kappa shape index (κ1) is 11.5. The van der Waals surface area contributed by atoms with Gasteiger partial charge in [-0.2, -0.15) is 0 Å². The fraction of sp³-hybridized carbons (Fsp3) is 0.375. The highest BCUT2D eigenvalue weighted by Gasteiger charge is 2.20. The molecule has 18 heavy (non-hydrogen) atoms. The number of furan rings is 1. The molecule has 1 aliphatic carbocycles. The van der Waals surface area contributed by atoms with Crippen molar-refractivity contribution in [3.05, 3.63) is 59.5 Å². The van der Waals surface area contributed by atoms with Crippen molar-refractivity contribution in [2.75, 3.05) is 0 Å². The molecule has 2 unspecified atom stereocenters. The Hall–Kier alpha value is -1.54. The van der Waals surface area contributed by atoms with Crippen molar-refractivity contribution >= 4 is 0 Å². The van der Waals surface area contributed by atoms with E-state index in [1.807, 2.05) is 12.3 Å². The molecule has 3 rings (SSSR count). The fourth-order valence-corrected chi connectivity index (χ4v) is 2.81. The molecule has 94 valence electrons. The summed E-state index contributed by atoms with van der Waals surface area (Å²) in [5.74, 6) is 0. The van der Waals surface area contributed by atoms with Crippen molar-refractivity contribution in [3.8, 4) is 0 Å². The van der Waals surface area contributed by atoms with Crippen molar-refractivity contribution in [1.29, 1.82) is 0 Å². The van der Waals surface area contributed by atoms with Gasteiger partial charge in [-0.25, -0.2) is 0 Å². The number of nitrogens with one attached hydrogen (secondary N) is 1. The maximum Gasteiger partial charge on any atom is 0.0950 e. The van der Waals surface area contributed by atoms with Gasteiger partial charge in [0.25, 0.3) is 0 Å². The summed E-state index contributed by atoms with van der Waals surface area (Å²) in [5.41, 5.74) is 4.25. The Bertz CT molecular complexity index is 504. The van der Waals surface area contributed by atoms with Crippen LogP contribution in [0.5, 0.6) is 0 Å². The van der Waals surface area contributed by atoms with Gasteiger partial charge in [0.15, 0.2) is 0 Å². The highest BCUT2D eigenvalue weighted by Crippen LogP contribution is 2.23. The van der Waals surface area contributed by atoms with Gasteiger partial charge in [0.2, 0.25) is 0 Å². The number of fused-ring (bicyclic) bond motifs is 1. The lowest BCUT2D eigenvalue weighted by molar-refractivity contribution is 0.411. The summed E-state index contributed by atoms with van der Waals surface area (Å²) in [7, 11) is 0. The van der Waals surface area contributed by atoms with Crippen molar-refractivity contribution in [2.24, 2.45) is 0 Å². The van der Waals surface area contributed by atoms with E-state index >= 15 is 0 Å². The normalized spacial score (nSPS) is 20.4. The summed E-state index contributed by atoms with van der Waals surface area (Å²) in [6.45, 7) is 2.20. The minimum atomic E-state index is 0.360. The van der Waals surface area contributed by atoms with E-state index in [1.54, 1.807) is 6.26 Å². The van der Waals surface area contributed by atoms with Crippen LogP contribution >= 0.6 is 0 Å². The molecule has 1 heterocycles. The van der Waals surface area contributed by atoms with E-state index in [1.165, 1.54) is 29.5 Å². The van der Waals surface area contributed by atoms with Crippen LogP contribution in [0.1, 0.15) is 36.1 Å². The average molecular weight is 241 g/mol. The van der Waals surface area contributed by atoms with E-state index in [9.17, 15) is 0 Å². The van der Waals surface area contributed by atoms with Crippen LogP contribution in [0.25, 0.3) is 0 Å². The molecule has 1 aliphatic rings. The van der Waals surface area contributed by atoms with E-state index in [2.05, 4.69) is 36.5 Å². The minimum absolute atomic E-state index is 0.360. The van der Waals surface area contributed by atoms with Crippen LogP contribution in [0.2, 0.25) is 0 Å². The molecular formula is C16H19NO. The van der Waals surface area contributed by atoms with Crippen LogP contribution in [0, 0.1) is 0 Å². The predicted octanol–water partition coefficient (Wildman–Crippen LogP) is 3.49. The van der Waals surface area contributed by atoms with Gasteiger partial charge in [0, 0.05) is 17.6 Å². The smallest absolute Gasteiger partial charge is 0.0950 e. The highest BCUT2D eigenvalue weighted by molar-refractivity contribution is 5.30. The Morgan fingerprint density at radius 2 is 2.06 bits per heavy atom. The topological polar surface area (TPSA) is 25.2 Å². The summed E-state index contributed by atoms with van der Waals surface area (Å²) < 4.78 is 5.14. The third kappa shape index (κ3) is 2.34. The van der Waals surface area contributed by atoms with E-state index < -0.39 is 0 Å². The van der Waals surface area contributed by atoms with Gasteiger partial charge in [0.1, 0.15) is 0 Å². The van der Waals surface area contributed by atoms with E-state index in [0.29, 0.717) is 12.1 Å². The number of hydrogen-bond donors (Lipinski definition) is 1. The Balaban J connectivity index is 1.66. The first-order valence-corrected chi connectivity index (χ1v) is 6.68. The summed E-state index contributed by atoms with van der Waals surface area (Å²) in [5, 5.41) is 3.70. The molecule has 2 heteroatoms. The standard InChI is InChI=1S/C16H19NO/c1-12(15-8-9-18-11-15)17-16-7-6-13-4-2-3-5-14(13)10-16/h2-5,8-9,11-12,16-17H,6-7,10H2,1H3. The predicted molar refractivity (Wildman–Crippen MR) is 72.5 cm³/mol. The summed E-state index contributed by atoms with van der Waals surface area (Å²) in [4.78, 5) is 0. The molecule has 1 aromatic carbocycles. The number of rotatable bonds is 3. The molecule has 2 atom stereocenters. The molecule has 0 aliphatic heterocycles. The van der Waals surface area contributed by atoms with Crippen LogP contribution in [-0.4, -0.2) is 6.04 Å². The second-order valence-electron chi connectivity index (χ2n) is 5.15. The van der Waals surface area contributed by atoms with Gasteiger partial charge < -0.3 is 9.73 Å². The van der Waals surface area contributed by atoms with Gasteiger partial charge in [-0.3, -0.25) is 0 Å². The van der Waals surface area contributed by atoms with Crippen molar-refractivity contribution in [2.45, 2.75) is 38.3 Å². The van der Waals surface area contributed by atoms with E-state index in [-0.39, 0.29) is 0 Å². The Morgan fingerprint density at radius 1 is 1.22 bits per heavy atom. The molecule has 0 radical (unpaired) electrons. The van der Waals surface area contributed by atoms with Crippen LogP contribution < -0.4 is 5.32 Å². The Labute approximate surface area is 108 Å². The van der Waals surface area contributed by atoms with E-state index in [4.69, 9.17) is 4.42 Å². The Kier molecular flexibility index (Phi) is 3.20. The Morgan fingerprint density at radius 3 is 2.83 bits per heavy atom. The van der Waals surface area contributed by atoms with Crippen LogP contribution in [0.3, 0.4) is 0 Å². The van der Waals surface area contributed by atoms with Gasteiger partial charge in [-0.15, -0.1) is 0 Å². The van der Waals surface area contributed by atoms with Crippen molar-refractivity contribution in [1.82, 2.24) is 5.32 Å². The SMILES string of the molecule is CC(NC1CCc2ccccc2C1)c1ccoc1. The lowest BCUT2D eigenvalue weighted by atomic mass is 9.88. The zero-order valence-corrected chi connectivity index (χ0v) is 10.7. The van der Waals surface area contributed by atoms with Crippen molar-refractivity contribution < 1.29 is 4.42 Å². The fourth-order valence-electron chi connectivity index (χ4n) is 2.81. The third-order valence-electron chi connectivity index (χ3n) is 3.88. The van der Waals surface area contributed by atoms with Gasteiger partial charge in [-0.1, -0.05) is 24.3 Å². The average Bonchev–Trinajstić information content (AvgIpc) is 2.92. The second kappa shape index (κ2) is 4.99. The lowest BCUT2D eigenvalue weighted by Crippen LogP contribution is -2.36. The number of hydrogen-bond acceptors (Lipinski definition) is 2. The zero-order chi connectivity index (χ0) is 12.4. The molecule has 1 N–H and O–H groups in total. The molecular weight excluding hydrogens is 222 g/mol. The van der Waals surface area contributed by atoms with Gasteiger partial charge >= 0.3 is 0 Å². The molecule has 0 amide bonds. The maximum atomic E-state index is 5.14. The molecule has 2 nitrogen and oxygen atoms in total. The van der Waals surface area contributed by atoms with Gasteiger partial charge in [-0.05, 0) is 43.4 Å². The molecule has 0 spiro atoms. The summed E-state index contributed by atoms with van der Waals surface area (Å²) >= 11 is 0. The molecule has 2 aromatic rings. The van der Waals surface area contributed by atoms with Crippen LogP contribution in [0.4, 0.5) is 0 Å². The number of aryl methyl sites for hydroxylation is 1. The number of benzene rings is 1. The molecule has 0 bridgehead atoms. The molecule has 0 fully saturated rings. The molecule has 1 aromatic heterocycles. The maximum absolute atomic E-state index is 5.14. The lowest BCUT2D eigenvalue weighted by Gasteiger charge is -2.28. The molecule has 0 saturated carbocycles. The van der Waals surface area contributed by atoms with Crippen molar-refractivity contribution in [3.63, 3.8) is 0 Å². The van der Waals surface area contributed by atoms with Gasteiger partial charge in [0.05, 0.1) is 12.5 Å². The third-order valence-corrected chi connectivity index (χ3v) is 3.88. The first-order chi connectivity index (χ1) is 8.83.